The van der Waals surface area contributed by atoms with E-state index in [9.17, 15) is 14.4 Å². The number of Topliss-reactive ketones (excluding diaryl/α,β-unsaturated/α-hetero) is 1. The third-order valence-corrected chi connectivity index (χ3v) is 4.12. The molecule has 0 aromatic heterocycles. The van der Waals surface area contributed by atoms with E-state index in [2.05, 4.69) is 5.32 Å². The number of benzene rings is 2. The third-order valence-electron chi connectivity index (χ3n) is 4.12. The molecule has 0 atom stereocenters. The highest BCUT2D eigenvalue weighted by molar-refractivity contribution is 6.00. The number of methoxy groups -OCH3 is 1. The van der Waals surface area contributed by atoms with E-state index in [0.717, 1.165) is 0 Å². The van der Waals surface area contributed by atoms with Gasteiger partial charge in [-0.1, -0.05) is 13.8 Å². The predicted octanol–water partition coefficient (Wildman–Crippen LogP) is 4.12. The molecule has 2 aromatic rings. The van der Waals surface area contributed by atoms with Gasteiger partial charge in [0, 0.05) is 17.7 Å². The zero-order chi connectivity index (χ0) is 22.1. The molecule has 7 nitrogen and oxygen atoms in total. The first kappa shape index (κ1) is 22.9. The molecule has 0 aliphatic carbocycles. The molecule has 0 unspecified atom stereocenters. The Bertz CT molecular complexity index is 889. The summed E-state index contributed by atoms with van der Waals surface area (Å²) in [7, 11) is 1.48. The highest BCUT2D eigenvalue weighted by atomic mass is 16.5. The monoisotopic (exact) mass is 413 g/mol. The summed E-state index contributed by atoms with van der Waals surface area (Å²) in [5, 5.41) is 2.78. The maximum absolute atomic E-state index is 12.3. The molecule has 0 aliphatic rings. The molecule has 0 spiro atoms. The lowest BCUT2D eigenvalue weighted by molar-refractivity contribution is -0.116. The predicted molar refractivity (Wildman–Crippen MR) is 113 cm³/mol. The Labute approximate surface area is 176 Å². The minimum atomic E-state index is -0.637. The normalized spacial score (nSPS) is 10.4. The van der Waals surface area contributed by atoms with Crippen molar-refractivity contribution in [1.82, 2.24) is 0 Å². The van der Waals surface area contributed by atoms with Crippen molar-refractivity contribution in [1.29, 1.82) is 0 Å². The minimum Gasteiger partial charge on any atom is -0.493 e. The molecule has 0 radical (unpaired) electrons. The maximum atomic E-state index is 12.3. The SMILES string of the molecule is CCOc1ccc(C(=O)OCC(=O)c2ccc(NC(=O)CC(C)C)cc2)cc1OC. The fourth-order valence-electron chi connectivity index (χ4n) is 2.69. The van der Waals surface area contributed by atoms with Crippen LogP contribution >= 0.6 is 0 Å². The molecule has 0 bridgehead atoms. The van der Waals surface area contributed by atoms with Crippen LogP contribution in [0.25, 0.3) is 0 Å². The van der Waals surface area contributed by atoms with Gasteiger partial charge in [-0.2, -0.15) is 0 Å². The van der Waals surface area contributed by atoms with Gasteiger partial charge in [0.25, 0.3) is 0 Å². The van der Waals surface area contributed by atoms with Crippen LogP contribution < -0.4 is 14.8 Å². The molecule has 160 valence electrons. The molecule has 2 rings (SSSR count). The molecule has 0 fully saturated rings. The molecule has 0 saturated carbocycles. The molecular formula is C23H27NO6. The van der Waals surface area contributed by atoms with Crippen LogP contribution in [0.15, 0.2) is 42.5 Å². The molecule has 30 heavy (non-hydrogen) atoms. The van der Waals surface area contributed by atoms with Crippen molar-refractivity contribution < 1.29 is 28.6 Å². The van der Waals surface area contributed by atoms with Crippen LogP contribution in [0.2, 0.25) is 0 Å². The average molecular weight is 413 g/mol. The van der Waals surface area contributed by atoms with E-state index in [4.69, 9.17) is 14.2 Å². The number of anilines is 1. The van der Waals surface area contributed by atoms with Crippen LogP contribution in [0.5, 0.6) is 11.5 Å². The summed E-state index contributed by atoms with van der Waals surface area (Å²) >= 11 is 0. The first-order valence-corrected chi connectivity index (χ1v) is 9.75. The number of carbonyl (C=O) groups is 3. The largest absolute Gasteiger partial charge is 0.493 e. The summed E-state index contributed by atoms with van der Waals surface area (Å²) in [4.78, 5) is 36.4. The molecule has 1 amide bonds. The van der Waals surface area contributed by atoms with Gasteiger partial charge in [-0.3, -0.25) is 9.59 Å². The van der Waals surface area contributed by atoms with E-state index in [0.29, 0.717) is 35.8 Å². The van der Waals surface area contributed by atoms with E-state index in [-0.39, 0.29) is 23.2 Å². The van der Waals surface area contributed by atoms with E-state index in [1.54, 1.807) is 36.4 Å². The summed E-state index contributed by atoms with van der Waals surface area (Å²) in [6, 6.07) is 11.1. The molecule has 0 aliphatic heterocycles. The first-order valence-electron chi connectivity index (χ1n) is 9.75. The zero-order valence-electron chi connectivity index (χ0n) is 17.7. The van der Waals surface area contributed by atoms with Gasteiger partial charge in [-0.05, 0) is 55.3 Å². The summed E-state index contributed by atoms with van der Waals surface area (Å²) in [5.41, 5.74) is 1.25. The standard InChI is InChI=1S/C23H27NO6/c1-5-29-20-11-8-17(13-21(20)28-4)23(27)30-14-19(25)16-6-9-18(10-7-16)24-22(26)12-15(2)3/h6-11,13,15H,5,12,14H2,1-4H3,(H,24,26). The smallest absolute Gasteiger partial charge is 0.338 e. The van der Waals surface area contributed by atoms with E-state index >= 15 is 0 Å². The van der Waals surface area contributed by atoms with Crippen LogP contribution in [0.3, 0.4) is 0 Å². The summed E-state index contributed by atoms with van der Waals surface area (Å²) < 4.78 is 15.8. The fraction of sp³-hybridized carbons (Fsp3) is 0.348. The number of hydrogen-bond acceptors (Lipinski definition) is 6. The average Bonchev–Trinajstić information content (AvgIpc) is 2.72. The third kappa shape index (κ3) is 6.62. The van der Waals surface area contributed by atoms with Gasteiger partial charge in [0.15, 0.2) is 23.9 Å². The second-order valence-electron chi connectivity index (χ2n) is 7.02. The molecule has 2 aromatic carbocycles. The van der Waals surface area contributed by atoms with Crippen molar-refractivity contribution in [2.24, 2.45) is 5.92 Å². The van der Waals surface area contributed by atoms with E-state index < -0.39 is 12.6 Å². The summed E-state index contributed by atoms with van der Waals surface area (Å²) in [5.74, 6) is 0.129. The van der Waals surface area contributed by atoms with Gasteiger partial charge in [-0.25, -0.2) is 4.79 Å². The Kier molecular flexibility index (Phi) is 8.41. The van der Waals surface area contributed by atoms with Crippen LogP contribution in [-0.4, -0.2) is 38.0 Å². The summed E-state index contributed by atoms with van der Waals surface area (Å²) in [6.45, 7) is 5.85. The van der Waals surface area contributed by atoms with E-state index in [1.165, 1.54) is 13.2 Å². The lowest BCUT2D eigenvalue weighted by Gasteiger charge is -2.11. The fourth-order valence-corrected chi connectivity index (χ4v) is 2.69. The van der Waals surface area contributed by atoms with Crippen molar-refractivity contribution in [3.63, 3.8) is 0 Å². The van der Waals surface area contributed by atoms with Crippen molar-refractivity contribution in [3.8, 4) is 11.5 Å². The van der Waals surface area contributed by atoms with Crippen molar-refractivity contribution in [2.75, 3.05) is 25.6 Å². The van der Waals surface area contributed by atoms with Gasteiger partial charge < -0.3 is 19.5 Å². The molecule has 0 heterocycles. The number of rotatable bonds is 10. The van der Waals surface area contributed by atoms with E-state index in [1.807, 2.05) is 20.8 Å². The van der Waals surface area contributed by atoms with Gasteiger partial charge in [0.2, 0.25) is 5.91 Å². The van der Waals surface area contributed by atoms with Crippen LogP contribution in [0, 0.1) is 5.92 Å². The van der Waals surface area contributed by atoms with Crippen molar-refractivity contribution in [3.05, 3.63) is 53.6 Å². The number of nitrogens with one attached hydrogen (secondary N) is 1. The number of ether oxygens (including phenoxy) is 3. The van der Waals surface area contributed by atoms with Gasteiger partial charge in [0.1, 0.15) is 0 Å². The van der Waals surface area contributed by atoms with Gasteiger partial charge in [-0.15, -0.1) is 0 Å². The number of carbonyl (C=O) groups excluding carboxylic acids is 3. The maximum Gasteiger partial charge on any atom is 0.338 e. The second kappa shape index (κ2) is 11.0. The lowest BCUT2D eigenvalue weighted by Crippen LogP contribution is -2.15. The Morgan fingerprint density at radius 2 is 1.63 bits per heavy atom. The number of hydrogen-bond donors (Lipinski definition) is 1. The van der Waals surface area contributed by atoms with Crippen LogP contribution in [-0.2, 0) is 9.53 Å². The Hall–Kier alpha value is -3.35. The Morgan fingerprint density at radius 1 is 0.967 bits per heavy atom. The molecular weight excluding hydrogens is 386 g/mol. The van der Waals surface area contributed by atoms with Crippen molar-refractivity contribution >= 4 is 23.3 Å². The second-order valence-corrected chi connectivity index (χ2v) is 7.02. The zero-order valence-corrected chi connectivity index (χ0v) is 17.7. The Morgan fingerprint density at radius 3 is 2.23 bits per heavy atom. The van der Waals surface area contributed by atoms with Crippen LogP contribution in [0.1, 0.15) is 47.9 Å². The number of amides is 1. The van der Waals surface area contributed by atoms with Gasteiger partial charge >= 0.3 is 5.97 Å². The number of esters is 1. The topological polar surface area (TPSA) is 90.9 Å². The summed E-state index contributed by atoms with van der Waals surface area (Å²) in [6.07, 6.45) is 0.424. The van der Waals surface area contributed by atoms with Gasteiger partial charge in [0.05, 0.1) is 19.3 Å². The first-order chi connectivity index (χ1) is 14.3. The van der Waals surface area contributed by atoms with Crippen molar-refractivity contribution in [2.45, 2.75) is 27.2 Å². The highest BCUT2D eigenvalue weighted by Gasteiger charge is 2.15. The molecule has 0 saturated heterocycles. The lowest BCUT2D eigenvalue weighted by atomic mass is 10.1. The van der Waals surface area contributed by atoms with Crippen LogP contribution in [0.4, 0.5) is 5.69 Å². The Balaban J connectivity index is 1.93. The minimum absolute atomic E-state index is 0.0798. The molecule has 1 N–H and O–H groups in total. The highest BCUT2D eigenvalue weighted by Crippen LogP contribution is 2.28. The quantitative estimate of drug-likeness (QED) is 0.465. The molecule has 7 heteroatoms. The number of ketones is 1.